The number of hydrogen-bond acceptors (Lipinski definition) is 3. The van der Waals surface area contributed by atoms with E-state index in [2.05, 4.69) is 71.1 Å². The van der Waals surface area contributed by atoms with E-state index in [0.717, 1.165) is 12.5 Å². The van der Waals surface area contributed by atoms with Crippen LogP contribution in [0.5, 0.6) is 0 Å². The Morgan fingerprint density at radius 1 is 0.792 bits per heavy atom. The second-order valence-electron chi connectivity index (χ2n) is 9.98. The molecule has 0 fully saturated rings. The quantitative estimate of drug-likeness (QED) is 0.337. The summed E-state index contributed by atoms with van der Waals surface area (Å²) in [5.74, 6) is 0.673. The molecule has 0 bridgehead atoms. The molecule has 0 amide bonds. The molecule has 3 nitrogen and oxygen atoms in total. The van der Waals surface area contributed by atoms with Crippen LogP contribution in [0.3, 0.4) is 0 Å². The van der Waals surface area contributed by atoms with E-state index in [0.29, 0.717) is 5.92 Å². The summed E-state index contributed by atoms with van der Waals surface area (Å²) in [5, 5.41) is 0. The topological polar surface area (TPSA) is 27.7 Å². The van der Waals surface area contributed by atoms with Gasteiger partial charge >= 0.3 is 8.80 Å². The largest absolute Gasteiger partial charge is 0.469 e. The van der Waals surface area contributed by atoms with Crippen LogP contribution >= 0.6 is 0 Å². The smallest absolute Gasteiger partial charge is 0.417 e. The van der Waals surface area contributed by atoms with E-state index in [9.17, 15) is 0 Å². The third-order valence-corrected chi connectivity index (χ3v) is 15.5. The van der Waals surface area contributed by atoms with Gasteiger partial charge in [-0.3, -0.25) is 0 Å². The van der Waals surface area contributed by atoms with Crippen molar-refractivity contribution in [2.24, 2.45) is 5.92 Å². The zero-order valence-corrected chi connectivity index (χ0v) is 21.5. The van der Waals surface area contributed by atoms with Gasteiger partial charge in [0.25, 0.3) is 0 Å². The van der Waals surface area contributed by atoms with Crippen LogP contribution in [0.15, 0.2) is 12.2 Å². The van der Waals surface area contributed by atoms with Crippen LogP contribution < -0.4 is 0 Å². The van der Waals surface area contributed by atoms with E-state index in [-0.39, 0.29) is 0 Å². The van der Waals surface area contributed by atoms with Crippen LogP contribution in [0.25, 0.3) is 0 Å². The fourth-order valence-electron chi connectivity index (χ4n) is 3.10. The third-order valence-electron chi connectivity index (χ3n) is 3.56. The second-order valence-corrected chi connectivity index (χ2v) is 27.0. The van der Waals surface area contributed by atoms with Gasteiger partial charge in [0.05, 0.1) is 0 Å². The minimum absolute atomic E-state index is 0.673. The molecule has 1 aliphatic rings. The van der Waals surface area contributed by atoms with Crippen molar-refractivity contribution >= 4 is 33.8 Å². The molecule has 0 N–H and O–H groups in total. The molecule has 0 saturated heterocycles. The van der Waals surface area contributed by atoms with Crippen LogP contribution in [-0.2, 0) is 12.3 Å². The standard InChI is InChI=1S/C17H40O3Si4/c1-21(2,3)18-24(19-22(4,5)6,20-23(7,8)9)16-15-17-13-11-10-12-14-17/h11,13,17H,10,12,14-16H2,1-9H3. The Kier molecular flexibility index (Phi) is 7.93. The Morgan fingerprint density at radius 3 is 1.58 bits per heavy atom. The first kappa shape index (κ1) is 22.5. The second kappa shape index (κ2) is 8.45. The predicted molar refractivity (Wildman–Crippen MR) is 115 cm³/mol. The fourth-order valence-corrected chi connectivity index (χ4v) is 17.9. The first-order valence-corrected chi connectivity index (χ1v) is 21.6. The lowest BCUT2D eigenvalue weighted by Crippen LogP contribution is -2.60. The molecular weight excluding hydrogens is 365 g/mol. The average molecular weight is 405 g/mol. The van der Waals surface area contributed by atoms with Crippen molar-refractivity contribution in [1.29, 1.82) is 0 Å². The fraction of sp³-hybridized carbons (Fsp3) is 0.882. The summed E-state index contributed by atoms with van der Waals surface area (Å²) in [6.45, 7) is 20.3. The molecule has 7 heteroatoms. The van der Waals surface area contributed by atoms with Crippen molar-refractivity contribution in [3.63, 3.8) is 0 Å². The highest BCUT2D eigenvalue weighted by molar-refractivity contribution is 6.90. The van der Waals surface area contributed by atoms with Crippen molar-refractivity contribution in [2.45, 2.75) is 90.7 Å². The molecule has 1 rings (SSSR count). The highest BCUT2D eigenvalue weighted by Gasteiger charge is 2.49. The maximum atomic E-state index is 6.75. The van der Waals surface area contributed by atoms with Gasteiger partial charge in [0.15, 0.2) is 25.0 Å². The zero-order valence-electron chi connectivity index (χ0n) is 17.5. The highest BCUT2D eigenvalue weighted by atomic mass is 28.5. The van der Waals surface area contributed by atoms with Crippen molar-refractivity contribution < 1.29 is 12.3 Å². The number of allylic oxidation sites excluding steroid dienone is 2. The maximum Gasteiger partial charge on any atom is 0.469 e. The van der Waals surface area contributed by atoms with E-state index in [1.165, 1.54) is 19.3 Å². The summed E-state index contributed by atoms with van der Waals surface area (Å²) in [4.78, 5) is 0. The van der Waals surface area contributed by atoms with Gasteiger partial charge in [-0.15, -0.1) is 0 Å². The first-order valence-electron chi connectivity index (χ1n) is 9.47. The summed E-state index contributed by atoms with van der Waals surface area (Å²) in [5.41, 5.74) is 0. The first-order chi connectivity index (χ1) is 10.7. The Balaban J connectivity index is 3.02. The Hall–Kier alpha value is 0.488. The molecule has 0 aromatic heterocycles. The van der Waals surface area contributed by atoms with E-state index in [4.69, 9.17) is 12.3 Å². The number of rotatable bonds is 9. The Labute approximate surface area is 154 Å². The molecule has 1 unspecified atom stereocenters. The summed E-state index contributed by atoms with van der Waals surface area (Å²) < 4.78 is 20.2. The molecule has 0 heterocycles. The highest BCUT2D eigenvalue weighted by Crippen LogP contribution is 2.33. The van der Waals surface area contributed by atoms with Crippen molar-refractivity contribution in [3.05, 3.63) is 12.2 Å². The molecule has 142 valence electrons. The average Bonchev–Trinajstić information content (AvgIpc) is 2.31. The van der Waals surface area contributed by atoms with E-state index in [1.54, 1.807) is 0 Å². The summed E-state index contributed by atoms with van der Waals surface area (Å²) in [6, 6.07) is 0.973. The van der Waals surface area contributed by atoms with Crippen LogP contribution in [0.1, 0.15) is 25.7 Å². The normalized spacial score (nSPS) is 20.5. The Bertz CT molecular complexity index is 378. The number of hydrogen-bond donors (Lipinski definition) is 0. The van der Waals surface area contributed by atoms with Gasteiger partial charge in [0.2, 0.25) is 0 Å². The molecule has 0 saturated carbocycles. The third kappa shape index (κ3) is 9.84. The minimum atomic E-state index is -2.63. The molecule has 0 aliphatic heterocycles. The lowest BCUT2D eigenvalue weighted by atomic mass is 9.94. The molecule has 0 aromatic carbocycles. The van der Waals surface area contributed by atoms with E-state index < -0.39 is 33.8 Å². The van der Waals surface area contributed by atoms with Gasteiger partial charge in [0, 0.05) is 6.04 Å². The maximum absolute atomic E-state index is 6.75. The van der Waals surface area contributed by atoms with Crippen LogP contribution in [0, 0.1) is 5.92 Å². The van der Waals surface area contributed by atoms with E-state index in [1.807, 2.05) is 0 Å². The van der Waals surface area contributed by atoms with Crippen LogP contribution in [-0.4, -0.2) is 33.8 Å². The van der Waals surface area contributed by atoms with Gasteiger partial charge < -0.3 is 12.3 Å². The summed E-state index contributed by atoms with van der Waals surface area (Å²) >= 11 is 0. The lowest BCUT2D eigenvalue weighted by molar-refractivity contribution is 0.247. The van der Waals surface area contributed by atoms with Crippen LogP contribution in [0.4, 0.5) is 0 Å². The van der Waals surface area contributed by atoms with Crippen LogP contribution in [0.2, 0.25) is 65.0 Å². The van der Waals surface area contributed by atoms with E-state index >= 15 is 0 Å². The van der Waals surface area contributed by atoms with Crippen molar-refractivity contribution in [2.75, 3.05) is 0 Å². The molecule has 0 radical (unpaired) electrons. The molecular formula is C17H40O3Si4. The monoisotopic (exact) mass is 404 g/mol. The molecule has 24 heavy (non-hydrogen) atoms. The van der Waals surface area contributed by atoms with Crippen molar-refractivity contribution in [3.8, 4) is 0 Å². The molecule has 0 aromatic rings. The zero-order chi connectivity index (χ0) is 18.6. The summed E-state index contributed by atoms with van der Waals surface area (Å²) in [6.07, 6.45) is 9.74. The van der Waals surface area contributed by atoms with Gasteiger partial charge in [-0.25, -0.2) is 0 Å². The minimum Gasteiger partial charge on any atom is -0.417 e. The lowest BCUT2D eigenvalue weighted by Gasteiger charge is -2.43. The molecule has 1 atom stereocenters. The van der Waals surface area contributed by atoms with Gasteiger partial charge in [-0.05, 0) is 90.5 Å². The molecule has 0 spiro atoms. The van der Waals surface area contributed by atoms with Crippen molar-refractivity contribution in [1.82, 2.24) is 0 Å². The summed E-state index contributed by atoms with van der Waals surface area (Å²) in [7, 11) is -7.86. The predicted octanol–water partition coefficient (Wildman–Crippen LogP) is 6.23. The van der Waals surface area contributed by atoms with Gasteiger partial charge in [0.1, 0.15) is 0 Å². The SMILES string of the molecule is C[Si](C)(C)O[Si](CCC1C=CCCC1)(O[Si](C)(C)C)O[Si](C)(C)C. The Morgan fingerprint density at radius 2 is 1.25 bits per heavy atom. The van der Waals surface area contributed by atoms with Gasteiger partial charge in [-0.1, -0.05) is 12.2 Å². The van der Waals surface area contributed by atoms with Gasteiger partial charge in [-0.2, -0.15) is 0 Å². The molecule has 1 aliphatic carbocycles.